The van der Waals surface area contributed by atoms with Gasteiger partial charge in [-0.1, -0.05) is 18.2 Å². The minimum absolute atomic E-state index is 0.0274. The monoisotopic (exact) mass is 463 g/mol. The second-order valence-electron chi connectivity index (χ2n) is 6.64. The summed E-state index contributed by atoms with van der Waals surface area (Å²) in [6.07, 6.45) is -0.213. The number of alkyl halides is 3. The van der Waals surface area contributed by atoms with Crippen molar-refractivity contribution in [3.8, 4) is 11.6 Å². The Morgan fingerprint density at radius 3 is 2.81 bits per heavy atom. The molecule has 3 aromatic rings. The first-order chi connectivity index (χ1) is 15.3. The van der Waals surface area contributed by atoms with Crippen LogP contribution >= 0.6 is 11.3 Å². The summed E-state index contributed by atoms with van der Waals surface area (Å²) in [7, 11) is 0. The molecule has 1 amide bonds. The summed E-state index contributed by atoms with van der Waals surface area (Å²) in [6.45, 7) is 0.795. The highest BCUT2D eigenvalue weighted by molar-refractivity contribution is 7.09. The van der Waals surface area contributed by atoms with Crippen molar-refractivity contribution >= 4 is 23.3 Å². The third-order valence-electron chi connectivity index (χ3n) is 4.01. The van der Waals surface area contributed by atoms with E-state index in [-0.39, 0.29) is 12.4 Å². The molecule has 0 saturated heterocycles. The van der Waals surface area contributed by atoms with Gasteiger partial charge in [0.25, 0.3) is 0 Å². The lowest BCUT2D eigenvalue weighted by atomic mass is 10.2. The van der Waals surface area contributed by atoms with Crippen molar-refractivity contribution in [2.45, 2.75) is 26.3 Å². The van der Waals surface area contributed by atoms with Crippen LogP contribution in [0.15, 0.2) is 54.1 Å². The van der Waals surface area contributed by atoms with Crippen LogP contribution in [0, 0.1) is 6.92 Å². The number of nitrogens with zero attached hydrogens (tertiary/aromatic N) is 2. The standard InChI is InChI=1S/C22H20F3N3O3S/c1-15-28-18(13-32-15)12-30-19-6-2-4-16(10-19)7-8-20(29)27-11-17-5-3-9-26-21(17)31-14-22(23,24)25/h2-10,13H,11-12,14H2,1H3,(H,27,29)/b8-7+. The summed E-state index contributed by atoms with van der Waals surface area (Å²) in [5, 5.41) is 5.51. The molecular weight excluding hydrogens is 443 g/mol. The van der Waals surface area contributed by atoms with Crippen molar-refractivity contribution in [3.63, 3.8) is 0 Å². The van der Waals surface area contributed by atoms with Crippen LogP contribution in [0.1, 0.15) is 21.8 Å². The maximum absolute atomic E-state index is 12.4. The summed E-state index contributed by atoms with van der Waals surface area (Å²) < 4.78 is 47.5. The minimum Gasteiger partial charge on any atom is -0.487 e. The Kier molecular flexibility index (Phi) is 7.82. The first-order valence-corrected chi connectivity index (χ1v) is 10.4. The summed E-state index contributed by atoms with van der Waals surface area (Å²) in [5.41, 5.74) is 1.94. The average Bonchev–Trinajstić information content (AvgIpc) is 3.19. The van der Waals surface area contributed by atoms with Gasteiger partial charge in [-0.05, 0) is 36.8 Å². The highest BCUT2D eigenvalue weighted by Crippen LogP contribution is 2.20. The molecule has 0 spiro atoms. The quantitative estimate of drug-likeness (QED) is 0.466. The van der Waals surface area contributed by atoms with Gasteiger partial charge in [0.15, 0.2) is 6.61 Å². The molecule has 0 atom stereocenters. The third-order valence-corrected chi connectivity index (χ3v) is 4.84. The van der Waals surface area contributed by atoms with Crippen molar-refractivity contribution in [1.29, 1.82) is 0 Å². The predicted molar refractivity (Wildman–Crippen MR) is 114 cm³/mol. The van der Waals surface area contributed by atoms with E-state index in [0.717, 1.165) is 16.3 Å². The molecule has 168 valence electrons. The largest absolute Gasteiger partial charge is 0.487 e. The van der Waals surface area contributed by atoms with Gasteiger partial charge < -0.3 is 14.8 Å². The van der Waals surface area contributed by atoms with Crippen molar-refractivity contribution in [2.24, 2.45) is 0 Å². The molecule has 10 heteroatoms. The van der Waals surface area contributed by atoms with Crippen LogP contribution in [0.2, 0.25) is 0 Å². The van der Waals surface area contributed by atoms with Crippen molar-refractivity contribution in [2.75, 3.05) is 6.61 Å². The van der Waals surface area contributed by atoms with E-state index in [1.165, 1.54) is 18.3 Å². The third kappa shape index (κ3) is 7.69. The lowest BCUT2D eigenvalue weighted by Crippen LogP contribution is -2.23. The number of carbonyl (C=O) groups excluding carboxylic acids is 1. The number of aryl methyl sites for hydroxylation is 1. The van der Waals surface area contributed by atoms with Crippen LogP contribution in [-0.4, -0.2) is 28.7 Å². The molecule has 2 heterocycles. The van der Waals surface area contributed by atoms with Crippen LogP contribution in [0.5, 0.6) is 11.6 Å². The Labute approximate surface area is 186 Å². The summed E-state index contributed by atoms with van der Waals surface area (Å²) in [6, 6.07) is 10.3. The number of ether oxygens (including phenoxy) is 2. The van der Waals surface area contributed by atoms with Gasteiger partial charge in [0, 0.05) is 29.8 Å². The van der Waals surface area contributed by atoms with E-state index in [1.54, 1.807) is 35.6 Å². The molecule has 0 aliphatic rings. The van der Waals surface area contributed by atoms with Crippen LogP contribution in [0.25, 0.3) is 6.08 Å². The Balaban J connectivity index is 1.52. The molecule has 6 nitrogen and oxygen atoms in total. The lowest BCUT2D eigenvalue weighted by molar-refractivity contribution is -0.154. The molecule has 0 aliphatic heterocycles. The fraction of sp³-hybridized carbons (Fsp3) is 0.227. The van der Waals surface area contributed by atoms with Gasteiger partial charge in [0.2, 0.25) is 11.8 Å². The Hall–Kier alpha value is -3.40. The number of hydrogen-bond donors (Lipinski definition) is 1. The van der Waals surface area contributed by atoms with Crippen LogP contribution in [0.3, 0.4) is 0 Å². The number of benzene rings is 1. The molecule has 0 fully saturated rings. The van der Waals surface area contributed by atoms with Crippen molar-refractivity contribution in [1.82, 2.24) is 15.3 Å². The van der Waals surface area contributed by atoms with E-state index in [1.807, 2.05) is 24.4 Å². The first-order valence-electron chi connectivity index (χ1n) is 9.52. The molecule has 0 bridgehead atoms. The maximum atomic E-state index is 12.4. The van der Waals surface area contributed by atoms with Crippen LogP contribution < -0.4 is 14.8 Å². The molecule has 1 aromatic carbocycles. The second kappa shape index (κ2) is 10.8. The molecule has 0 saturated carbocycles. The number of nitrogens with one attached hydrogen (secondary N) is 1. The Bertz CT molecular complexity index is 1080. The van der Waals surface area contributed by atoms with Gasteiger partial charge in [-0.15, -0.1) is 11.3 Å². The molecule has 0 aliphatic carbocycles. The molecule has 32 heavy (non-hydrogen) atoms. The highest BCUT2D eigenvalue weighted by atomic mass is 32.1. The predicted octanol–water partition coefficient (Wildman–Crippen LogP) is 4.70. The fourth-order valence-corrected chi connectivity index (χ4v) is 3.19. The number of halogens is 3. The van der Waals surface area contributed by atoms with Crippen molar-refractivity contribution in [3.05, 3.63) is 75.9 Å². The zero-order chi connectivity index (χ0) is 23.0. The van der Waals surface area contributed by atoms with Gasteiger partial charge in [0.05, 0.1) is 10.7 Å². The van der Waals surface area contributed by atoms with E-state index < -0.39 is 18.7 Å². The number of pyridine rings is 1. The minimum atomic E-state index is -4.47. The highest BCUT2D eigenvalue weighted by Gasteiger charge is 2.29. The smallest absolute Gasteiger partial charge is 0.422 e. The summed E-state index contributed by atoms with van der Waals surface area (Å²) in [4.78, 5) is 20.3. The molecule has 0 radical (unpaired) electrons. The van der Waals surface area contributed by atoms with Crippen LogP contribution in [-0.2, 0) is 17.9 Å². The number of amides is 1. The summed E-state index contributed by atoms with van der Waals surface area (Å²) in [5.74, 6) is 0.0502. The van der Waals surface area contributed by atoms with E-state index in [9.17, 15) is 18.0 Å². The van der Waals surface area contributed by atoms with E-state index in [0.29, 0.717) is 17.9 Å². The van der Waals surface area contributed by atoms with Crippen LogP contribution in [0.4, 0.5) is 13.2 Å². The number of rotatable bonds is 9. The molecule has 1 N–H and O–H groups in total. The van der Waals surface area contributed by atoms with Crippen molar-refractivity contribution < 1.29 is 27.4 Å². The van der Waals surface area contributed by atoms with Gasteiger partial charge in [-0.25, -0.2) is 9.97 Å². The fourth-order valence-electron chi connectivity index (χ4n) is 2.59. The molecule has 2 aromatic heterocycles. The Morgan fingerprint density at radius 1 is 1.22 bits per heavy atom. The summed E-state index contributed by atoms with van der Waals surface area (Å²) >= 11 is 1.55. The molecule has 0 unspecified atom stereocenters. The number of thiazole rings is 1. The number of carbonyl (C=O) groups is 1. The van der Waals surface area contributed by atoms with Gasteiger partial charge in [-0.3, -0.25) is 4.79 Å². The molecular formula is C22H20F3N3O3S. The van der Waals surface area contributed by atoms with Gasteiger partial charge in [-0.2, -0.15) is 13.2 Å². The lowest BCUT2D eigenvalue weighted by Gasteiger charge is -2.12. The first kappa shape index (κ1) is 23.3. The number of aromatic nitrogens is 2. The second-order valence-corrected chi connectivity index (χ2v) is 7.70. The normalized spacial score (nSPS) is 11.5. The van der Waals surface area contributed by atoms with E-state index >= 15 is 0 Å². The van der Waals surface area contributed by atoms with E-state index in [4.69, 9.17) is 9.47 Å². The SMILES string of the molecule is Cc1nc(COc2cccc(/C=C/C(=O)NCc3cccnc3OCC(F)(F)F)c2)cs1. The zero-order valence-electron chi connectivity index (χ0n) is 17.1. The number of hydrogen-bond acceptors (Lipinski definition) is 6. The van der Waals surface area contributed by atoms with Gasteiger partial charge >= 0.3 is 6.18 Å². The van der Waals surface area contributed by atoms with E-state index in [2.05, 4.69) is 15.3 Å². The zero-order valence-corrected chi connectivity index (χ0v) is 17.9. The maximum Gasteiger partial charge on any atom is 0.422 e. The Morgan fingerprint density at radius 2 is 2.06 bits per heavy atom. The molecule has 3 rings (SSSR count). The topological polar surface area (TPSA) is 73.3 Å². The average molecular weight is 463 g/mol. The van der Waals surface area contributed by atoms with Gasteiger partial charge in [0.1, 0.15) is 12.4 Å².